The Hall–Kier alpha value is 1.64. The largest absolute Gasteiger partial charge is 0.418 e. The lowest BCUT2D eigenvalue weighted by molar-refractivity contribution is 0.328. The molecule has 0 saturated carbocycles. The molecule has 0 bridgehead atoms. The molecular formula is C10H26I2OSi. The monoisotopic (exact) mass is 444 g/mol. The second kappa shape index (κ2) is 17.0. The molecule has 0 N–H and O–H groups in total. The van der Waals surface area contributed by atoms with Crippen LogP contribution in [-0.4, -0.2) is 14.9 Å². The van der Waals surface area contributed by atoms with Gasteiger partial charge in [0.1, 0.15) is 0 Å². The van der Waals surface area contributed by atoms with Crippen LogP contribution in [0.4, 0.5) is 0 Å². The van der Waals surface area contributed by atoms with Gasteiger partial charge in [0.05, 0.1) is 0 Å². The van der Waals surface area contributed by atoms with Gasteiger partial charge in [-0.05, 0) is 26.1 Å². The van der Waals surface area contributed by atoms with Crippen molar-refractivity contribution in [1.82, 2.24) is 0 Å². The summed E-state index contributed by atoms with van der Waals surface area (Å²) in [5.74, 6) is 0. The molecule has 0 aliphatic heterocycles. The quantitative estimate of drug-likeness (QED) is 0.392. The number of rotatable bonds is 4. The Morgan fingerprint density at radius 2 is 1.36 bits per heavy atom. The van der Waals surface area contributed by atoms with Gasteiger partial charge in [-0.2, -0.15) is 0 Å². The zero-order valence-electron chi connectivity index (χ0n) is 10.5. The van der Waals surface area contributed by atoms with Crippen molar-refractivity contribution in [3.8, 4) is 0 Å². The summed E-state index contributed by atoms with van der Waals surface area (Å²) in [6.45, 7) is 14.0. The molecule has 14 heavy (non-hydrogen) atoms. The van der Waals surface area contributed by atoms with Crippen LogP contribution in [0.2, 0.25) is 19.1 Å². The molecule has 0 radical (unpaired) electrons. The molecule has 1 nitrogen and oxygen atoms in total. The van der Waals surface area contributed by atoms with Crippen LogP contribution in [0, 0.1) is 0 Å². The van der Waals surface area contributed by atoms with Crippen molar-refractivity contribution in [3.05, 3.63) is 0 Å². The van der Waals surface area contributed by atoms with Crippen molar-refractivity contribution < 1.29 is 4.43 Å². The van der Waals surface area contributed by atoms with E-state index >= 15 is 0 Å². The highest BCUT2D eigenvalue weighted by molar-refractivity contribution is 15.0. The second-order valence-electron chi connectivity index (χ2n) is 3.65. The SMILES string of the molecule is CCC.CCC[Si](C)(C)OCC.II. The summed E-state index contributed by atoms with van der Waals surface area (Å²) >= 11 is 4.24. The summed E-state index contributed by atoms with van der Waals surface area (Å²) in [5.41, 5.74) is 0. The van der Waals surface area contributed by atoms with Crippen molar-refractivity contribution >= 4 is 45.5 Å². The van der Waals surface area contributed by atoms with Crippen LogP contribution in [0.5, 0.6) is 0 Å². The zero-order chi connectivity index (χ0) is 12.0. The van der Waals surface area contributed by atoms with E-state index in [1.165, 1.54) is 18.9 Å². The standard InChI is InChI=1S/C7H18OSi.C3H8.I2/c1-5-7-9(3,4)8-6-2;1-3-2;1-2/h5-7H2,1-4H3;3H2,1-2H3;. The third-order valence-electron chi connectivity index (χ3n) is 1.39. The van der Waals surface area contributed by atoms with Crippen LogP contribution in [0.3, 0.4) is 0 Å². The lowest BCUT2D eigenvalue weighted by Gasteiger charge is -2.20. The third-order valence-corrected chi connectivity index (χ3v) is 4.16. The second-order valence-corrected chi connectivity index (χ2v) is 7.96. The molecule has 0 aromatic carbocycles. The summed E-state index contributed by atoms with van der Waals surface area (Å²) in [4.78, 5) is 0. The number of hydrogen-bond acceptors (Lipinski definition) is 1. The Kier molecular flexibility index (Phi) is 25.5. The molecule has 0 unspecified atom stereocenters. The first-order chi connectivity index (χ1) is 6.54. The Balaban J connectivity index is -0.000000205. The fourth-order valence-corrected chi connectivity index (χ4v) is 3.19. The molecule has 0 aromatic rings. The van der Waals surface area contributed by atoms with Gasteiger partial charge in [0.15, 0.2) is 8.32 Å². The molecule has 0 aliphatic carbocycles. The highest BCUT2D eigenvalue weighted by atomic mass is 128. The van der Waals surface area contributed by atoms with Gasteiger partial charge in [0.25, 0.3) is 0 Å². The van der Waals surface area contributed by atoms with Crippen molar-refractivity contribution in [3.63, 3.8) is 0 Å². The predicted octanol–water partition coefficient (Wildman–Crippen LogP) is 5.83. The lowest BCUT2D eigenvalue weighted by Crippen LogP contribution is -2.29. The first-order valence-corrected chi connectivity index (χ1v) is 14.7. The molecule has 0 aromatic heterocycles. The highest BCUT2D eigenvalue weighted by Gasteiger charge is 2.19. The van der Waals surface area contributed by atoms with Crippen molar-refractivity contribution in [2.75, 3.05) is 6.61 Å². The van der Waals surface area contributed by atoms with E-state index in [-0.39, 0.29) is 0 Å². The maximum atomic E-state index is 5.61. The summed E-state index contributed by atoms with van der Waals surface area (Å²) in [6, 6.07) is 1.29. The van der Waals surface area contributed by atoms with Crippen LogP contribution in [0.1, 0.15) is 40.5 Å². The van der Waals surface area contributed by atoms with Crippen LogP contribution >= 0.6 is 37.2 Å². The minimum absolute atomic E-state index is 0.888. The molecule has 90 valence electrons. The maximum absolute atomic E-state index is 5.61. The Labute approximate surface area is 115 Å². The van der Waals surface area contributed by atoms with E-state index in [4.69, 9.17) is 4.43 Å². The Morgan fingerprint density at radius 1 is 1.00 bits per heavy atom. The van der Waals surface area contributed by atoms with Gasteiger partial charge < -0.3 is 4.43 Å². The van der Waals surface area contributed by atoms with E-state index in [0.717, 1.165) is 6.61 Å². The van der Waals surface area contributed by atoms with E-state index in [0.29, 0.717) is 0 Å². The average molecular weight is 444 g/mol. The highest BCUT2D eigenvalue weighted by Crippen LogP contribution is 2.12. The first kappa shape index (κ1) is 21.0. The molecule has 4 heteroatoms. The zero-order valence-corrected chi connectivity index (χ0v) is 15.8. The molecule has 0 fully saturated rings. The molecule has 0 saturated heterocycles. The van der Waals surface area contributed by atoms with Gasteiger partial charge in [-0.15, -0.1) is 0 Å². The fourth-order valence-electron chi connectivity index (χ4n) is 1.06. The number of hydrogen-bond donors (Lipinski definition) is 0. The van der Waals surface area contributed by atoms with E-state index in [1.54, 1.807) is 0 Å². The first-order valence-electron chi connectivity index (χ1n) is 5.32. The van der Waals surface area contributed by atoms with E-state index in [9.17, 15) is 0 Å². The van der Waals surface area contributed by atoms with Crippen molar-refractivity contribution in [2.45, 2.75) is 59.7 Å². The Morgan fingerprint density at radius 3 is 1.57 bits per heavy atom. The van der Waals surface area contributed by atoms with Crippen LogP contribution < -0.4 is 0 Å². The molecular weight excluding hydrogens is 418 g/mol. The lowest BCUT2D eigenvalue weighted by atomic mass is 10.6. The predicted molar refractivity (Wildman–Crippen MR) is 88.2 cm³/mol. The fraction of sp³-hybridized carbons (Fsp3) is 1.00. The Bertz CT molecular complexity index is 82.2. The third kappa shape index (κ3) is 23.4. The topological polar surface area (TPSA) is 9.23 Å². The van der Waals surface area contributed by atoms with Gasteiger partial charge in [-0.25, -0.2) is 0 Å². The van der Waals surface area contributed by atoms with Crippen LogP contribution in [0.25, 0.3) is 0 Å². The van der Waals surface area contributed by atoms with Gasteiger partial charge in [-0.1, -0.05) is 33.6 Å². The minimum atomic E-state index is -1.20. The van der Waals surface area contributed by atoms with Gasteiger partial charge in [0, 0.05) is 43.8 Å². The van der Waals surface area contributed by atoms with Crippen LogP contribution in [0.15, 0.2) is 0 Å². The molecule has 0 rings (SSSR count). The minimum Gasteiger partial charge on any atom is -0.418 e. The average Bonchev–Trinajstić information content (AvgIpc) is 2.08. The molecule has 0 amide bonds. The summed E-state index contributed by atoms with van der Waals surface area (Å²) in [5, 5.41) is 0. The van der Waals surface area contributed by atoms with E-state index < -0.39 is 8.32 Å². The summed E-state index contributed by atoms with van der Waals surface area (Å²) < 4.78 is 5.61. The molecule has 0 heterocycles. The maximum Gasteiger partial charge on any atom is 0.186 e. The number of halogens is 2. The normalized spacial score (nSPS) is 9.43. The van der Waals surface area contributed by atoms with Gasteiger partial charge in [0.2, 0.25) is 0 Å². The molecule has 0 spiro atoms. The van der Waals surface area contributed by atoms with Crippen LogP contribution in [-0.2, 0) is 4.43 Å². The molecule has 0 atom stereocenters. The van der Waals surface area contributed by atoms with E-state index in [1.807, 2.05) is 0 Å². The summed E-state index contributed by atoms with van der Waals surface area (Å²) in [6.07, 6.45) is 2.51. The molecule has 0 aliphatic rings. The van der Waals surface area contributed by atoms with Gasteiger partial charge in [-0.3, -0.25) is 0 Å². The van der Waals surface area contributed by atoms with E-state index in [2.05, 4.69) is 78.0 Å². The smallest absolute Gasteiger partial charge is 0.186 e. The van der Waals surface area contributed by atoms with Crippen molar-refractivity contribution in [2.24, 2.45) is 0 Å². The van der Waals surface area contributed by atoms with Gasteiger partial charge >= 0.3 is 0 Å². The summed E-state index contributed by atoms with van der Waals surface area (Å²) in [7, 11) is -1.20. The van der Waals surface area contributed by atoms with Crippen molar-refractivity contribution in [1.29, 1.82) is 0 Å².